The summed E-state index contributed by atoms with van der Waals surface area (Å²) in [5.74, 6) is 0.884. The Morgan fingerprint density at radius 2 is 2.29 bits per heavy atom. The second kappa shape index (κ2) is 5.69. The molecule has 0 bridgehead atoms. The van der Waals surface area contributed by atoms with Crippen LogP contribution < -0.4 is 5.32 Å². The Kier molecular flexibility index (Phi) is 4.22. The first-order valence-electron chi connectivity index (χ1n) is 6.04. The Morgan fingerprint density at radius 3 is 3.00 bits per heavy atom. The molecule has 0 amide bonds. The normalized spacial score (nSPS) is 30.4. The van der Waals surface area contributed by atoms with Gasteiger partial charge in [-0.15, -0.1) is 0 Å². The van der Waals surface area contributed by atoms with Crippen LogP contribution in [-0.4, -0.2) is 37.8 Å². The highest BCUT2D eigenvalue weighted by molar-refractivity contribution is 4.69. The van der Waals surface area contributed by atoms with Crippen molar-refractivity contribution in [3.05, 3.63) is 0 Å². The zero-order chi connectivity index (χ0) is 9.64. The zero-order valence-electron chi connectivity index (χ0n) is 9.00. The summed E-state index contributed by atoms with van der Waals surface area (Å²) in [4.78, 5) is 5.58. The van der Waals surface area contributed by atoms with Gasteiger partial charge in [-0.05, 0) is 51.1 Å². The zero-order valence-corrected chi connectivity index (χ0v) is 9.00. The standard InChI is InChI=1S/C11H22N2O/c1-2-9-14-13(7-1)8-5-11-4-3-6-12-10-11/h11-12H,1-10H2. The molecule has 1 atom stereocenters. The van der Waals surface area contributed by atoms with Crippen LogP contribution in [0.1, 0.15) is 32.1 Å². The highest BCUT2D eigenvalue weighted by Gasteiger charge is 2.16. The van der Waals surface area contributed by atoms with E-state index < -0.39 is 0 Å². The topological polar surface area (TPSA) is 24.5 Å². The maximum absolute atomic E-state index is 5.58. The largest absolute Gasteiger partial charge is 0.316 e. The summed E-state index contributed by atoms with van der Waals surface area (Å²) in [6.45, 7) is 5.64. The molecule has 0 aliphatic carbocycles. The molecule has 82 valence electrons. The molecule has 0 saturated carbocycles. The minimum atomic E-state index is 0.884. The van der Waals surface area contributed by atoms with Crippen LogP contribution in [0.3, 0.4) is 0 Å². The first-order chi connectivity index (χ1) is 6.95. The molecule has 3 nitrogen and oxygen atoms in total. The Labute approximate surface area is 86.8 Å². The van der Waals surface area contributed by atoms with Crippen molar-refractivity contribution >= 4 is 0 Å². The predicted octanol–water partition coefficient (Wildman–Crippen LogP) is 1.40. The summed E-state index contributed by atoms with van der Waals surface area (Å²) in [6, 6.07) is 0. The van der Waals surface area contributed by atoms with Gasteiger partial charge >= 0.3 is 0 Å². The third-order valence-electron chi connectivity index (χ3n) is 3.26. The van der Waals surface area contributed by atoms with E-state index in [2.05, 4.69) is 10.4 Å². The molecule has 1 N–H and O–H groups in total. The van der Waals surface area contributed by atoms with Gasteiger partial charge < -0.3 is 5.32 Å². The fraction of sp³-hybridized carbons (Fsp3) is 1.00. The molecule has 0 aromatic heterocycles. The van der Waals surface area contributed by atoms with Gasteiger partial charge in [0.1, 0.15) is 0 Å². The average Bonchev–Trinajstić information content (AvgIpc) is 2.29. The van der Waals surface area contributed by atoms with E-state index in [0.717, 1.165) is 25.6 Å². The molecule has 2 rings (SSSR count). The highest BCUT2D eigenvalue weighted by atomic mass is 16.7. The number of hydrogen-bond donors (Lipinski definition) is 1. The van der Waals surface area contributed by atoms with E-state index in [1.165, 1.54) is 45.2 Å². The summed E-state index contributed by atoms with van der Waals surface area (Å²) in [7, 11) is 0. The maximum Gasteiger partial charge on any atom is 0.0685 e. The number of rotatable bonds is 3. The molecule has 0 radical (unpaired) electrons. The minimum absolute atomic E-state index is 0.884. The van der Waals surface area contributed by atoms with E-state index in [1.807, 2.05) is 0 Å². The van der Waals surface area contributed by atoms with Crippen LogP contribution in [0.4, 0.5) is 0 Å². The molecule has 2 aliphatic rings. The smallest absolute Gasteiger partial charge is 0.0685 e. The highest BCUT2D eigenvalue weighted by Crippen LogP contribution is 2.15. The van der Waals surface area contributed by atoms with E-state index in [0.29, 0.717) is 0 Å². The maximum atomic E-state index is 5.58. The van der Waals surface area contributed by atoms with Crippen molar-refractivity contribution in [2.24, 2.45) is 5.92 Å². The molecule has 0 aromatic carbocycles. The summed E-state index contributed by atoms with van der Waals surface area (Å²) >= 11 is 0. The van der Waals surface area contributed by atoms with Crippen LogP contribution in [0.2, 0.25) is 0 Å². The fourth-order valence-electron chi connectivity index (χ4n) is 2.32. The molecule has 0 spiro atoms. The van der Waals surface area contributed by atoms with Gasteiger partial charge in [0.2, 0.25) is 0 Å². The molecule has 2 saturated heterocycles. The van der Waals surface area contributed by atoms with E-state index in [4.69, 9.17) is 4.84 Å². The van der Waals surface area contributed by atoms with Crippen molar-refractivity contribution in [1.82, 2.24) is 10.4 Å². The first-order valence-corrected chi connectivity index (χ1v) is 6.04. The van der Waals surface area contributed by atoms with Gasteiger partial charge in [0.05, 0.1) is 6.61 Å². The third kappa shape index (κ3) is 3.23. The Bertz CT molecular complexity index is 133. The lowest BCUT2D eigenvalue weighted by Crippen LogP contribution is -2.35. The Balaban J connectivity index is 1.60. The van der Waals surface area contributed by atoms with Crippen LogP contribution >= 0.6 is 0 Å². The Hall–Kier alpha value is -0.120. The van der Waals surface area contributed by atoms with E-state index >= 15 is 0 Å². The molecule has 2 aliphatic heterocycles. The van der Waals surface area contributed by atoms with Gasteiger partial charge in [-0.1, -0.05) is 0 Å². The fourth-order valence-corrected chi connectivity index (χ4v) is 2.32. The number of hydroxylamine groups is 2. The van der Waals surface area contributed by atoms with Crippen molar-refractivity contribution in [3.8, 4) is 0 Å². The summed E-state index contributed by atoms with van der Waals surface area (Å²) < 4.78 is 0. The van der Waals surface area contributed by atoms with Crippen molar-refractivity contribution in [2.45, 2.75) is 32.1 Å². The van der Waals surface area contributed by atoms with Crippen molar-refractivity contribution < 1.29 is 4.84 Å². The summed E-state index contributed by atoms with van der Waals surface area (Å²) in [5, 5.41) is 5.63. The summed E-state index contributed by atoms with van der Waals surface area (Å²) in [6.07, 6.45) is 6.60. The molecule has 1 unspecified atom stereocenters. The molecule has 0 aromatic rings. The molecule has 3 heteroatoms. The second-order valence-corrected chi connectivity index (χ2v) is 4.47. The van der Waals surface area contributed by atoms with E-state index in [-0.39, 0.29) is 0 Å². The number of hydrogen-bond acceptors (Lipinski definition) is 3. The summed E-state index contributed by atoms with van der Waals surface area (Å²) in [5.41, 5.74) is 0. The SMILES string of the molecule is C1CCN(CCC2CCCNC2)OC1. The predicted molar refractivity (Wildman–Crippen MR) is 57.0 cm³/mol. The van der Waals surface area contributed by atoms with Gasteiger partial charge in [-0.3, -0.25) is 4.84 Å². The number of piperidine rings is 1. The van der Waals surface area contributed by atoms with Gasteiger partial charge in [-0.2, -0.15) is 5.06 Å². The minimum Gasteiger partial charge on any atom is -0.316 e. The second-order valence-electron chi connectivity index (χ2n) is 4.47. The van der Waals surface area contributed by atoms with Crippen LogP contribution in [0.25, 0.3) is 0 Å². The van der Waals surface area contributed by atoms with Gasteiger partial charge in [0, 0.05) is 13.1 Å². The number of nitrogens with one attached hydrogen (secondary N) is 1. The lowest BCUT2D eigenvalue weighted by molar-refractivity contribution is -0.182. The first kappa shape index (κ1) is 10.4. The number of nitrogens with zero attached hydrogens (tertiary/aromatic N) is 1. The van der Waals surface area contributed by atoms with Crippen LogP contribution in [0.5, 0.6) is 0 Å². The van der Waals surface area contributed by atoms with Gasteiger partial charge in [0.25, 0.3) is 0 Å². The molecule has 14 heavy (non-hydrogen) atoms. The van der Waals surface area contributed by atoms with Gasteiger partial charge in [-0.25, -0.2) is 0 Å². The van der Waals surface area contributed by atoms with Crippen molar-refractivity contribution in [2.75, 3.05) is 32.8 Å². The van der Waals surface area contributed by atoms with Crippen molar-refractivity contribution in [3.63, 3.8) is 0 Å². The van der Waals surface area contributed by atoms with E-state index in [1.54, 1.807) is 0 Å². The van der Waals surface area contributed by atoms with Crippen LogP contribution in [0, 0.1) is 5.92 Å². The molecular weight excluding hydrogens is 176 g/mol. The molecule has 2 fully saturated rings. The average molecular weight is 198 g/mol. The lowest BCUT2D eigenvalue weighted by atomic mass is 9.96. The molecular formula is C11H22N2O. The van der Waals surface area contributed by atoms with Gasteiger partial charge in [0.15, 0.2) is 0 Å². The molecule has 2 heterocycles. The monoisotopic (exact) mass is 198 g/mol. The Morgan fingerprint density at radius 1 is 1.29 bits per heavy atom. The quantitative estimate of drug-likeness (QED) is 0.742. The van der Waals surface area contributed by atoms with Crippen molar-refractivity contribution in [1.29, 1.82) is 0 Å². The lowest BCUT2D eigenvalue weighted by Gasteiger charge is -2.29. The van der Waals surface area contributed by atoms with Crippen LogP contribution in [0.15, 0.2) is 0 Å². The van der Waals surface area contributed by atoms with Crippen LogP contribution in [-0.2, 0) is 4.84 Å². The van der Waals surface area contributed by atoms with E-state index in [9.17, 15) is 0 Å². The third-order valence-corrected chi connectivity index (χ3v) is 3.26.